The van der Waals surface area contributed by atoms with E-state index in [0.717, 1.165) is 16.8 Å². The number of hydrogen-bond acceptors (Lipinski definition) is 4. The van der Waals surface area contributed by atoms with Crippen molar-refractivity contribution in [1.82, 2.24) is 9.80 Å². The number of carbonyl (C=O) groups excluding carboxylic acids is 2. The number of piperazine rings is 1. The van der Waals surface area contributed by atoms with Crippen molar-refractivity contribution in [2.75, 3.05) is 38.0 Å². The molecule has 148 valence electrons. The Hall–Kier alpha value is -2.57. The Kier molecular flexibility index (Phi) is 6.21. The van der Waals surface area contributed by atoms with Crippen molar-refractivity contribution < 1.29 is 14.7 Å². The second-order valence-electron chi connectivity index (χ2n) is 7.03. The standard InChI is InChI=1S/C21H24ClN3O3/c1-14-4-3-5-18(15(14)2)23-20(27)13-24-8-10-25(11-9-24)21(28)17-12-16(22)6-7-19(17)26/h3-7,12,26H,8-11,13H2,1-2H3,(H,23,27). The first kappa shape index (κ1) is 20.2. The number of carbonyl (C=O) groups is 2. The molecule has 6 nitrogen and oxygen atoms in total. The molecule has 0 spiro atoms. The molecule has 1 saturated heterocycles. The number of rotatable bonds is 4. The van der Waals surface area contributed by atoms with Crippen LogP contribution in [0.2, 0.25) is 5.02 Å². The Morgan fingerprint density at radius 1 is 1.11 bits per heavy atom. The number of nitrogens with zero attached hydrogens (tertiary/aromatic N) is 2. The molecule has 1 aliphatic rings. The normalized spacial score (nSPS) is 14.8. The van der Waals surface area contributed by atoms with E-state index in [0.29, 0.717) is 31.2 Å². The van der Waals surface area contributed by atoms with Crippen LogP contribution < -0.4 is 5.32 Å². The van der Waals surface area contributed by atoms with Crippen LogP contribution in [0.4, 0.5) is 5.69 Å². The highest BCUT2D eigenvalue weighted by Crippen LogP contribution is 2.23. The summed E-state index contributed by atoms with van der Waals surface area (Å²) < 4.78 is 0. The maximum absolute atomic E-state index is 12.6. The second-order valence-corrected chi connectivity index (χ2v) is 7.46. The van der Waals surface area contributed by atoms with Gasteiger partial charge < -0.3 is 15.3 Å². The molecule has 0 saturated carbocycles. The lowest BCUT2D eigenvalue weighted by atomic mass is 10.1. The summed E-state index contributed by atoms with van der Waals surface area (Å²) in [5.74, 6) is -0.398. The molecule has 0 radical (unpaired) electrons. The van der Waals surface area contributed by atoms with Crippen LogP contribution in [0.1, 0.15) is 21.5 Å². The summed E-state index contributed by atoms with van der Waals surface area (Å²) in [6.45, 7) is 6.43. The Balaban J connectivity index is 1.54. The zero-order valence-corrected chi connectivity index (χ0v) is 16.8. The number of halogens is 1. The third-order valence-electron chi connectivity index (χ3n) is 5.09. The Labute approximate surface area is 169 Å². The highest BCUT2D eigenvalue weighted by atomic mass is 35.5. The zero-order chi connectivity index (χ0) is 20.3. The topological polar surface area (TPSA) is 72.9 Å². The van der Waals surface area contributed by atoms with Gasteiger partial charge in [-0.1, -0.05) is 23.7 Å². The molecule has 7 heteroatoms. The minimum absolute atomic E-state index is 0.0686. The summed E-state index contributed by atoms with van der Waals surface area (Å²) in [7, 11) is 0. The van der Waals surface area contributed by atoms with Crippen molar-refractivity contribution in [3.63, 3.8) is 0 Å². The fraction of sp³-hybridized carbons (Fsp3) is 0.333. The van der Waals surface area contributed by atoms with Gasteiger partial charge >= 0.3 is 0 Å². The van der Waals surface area contributed by atoms with E-state index in [-0.39, 0.29) is 29.7 Å². The fourth-order valence-corrected chi connectivity index (χ4v) is 3.41. The van der Waals surface area contributed by atoms with Gasteiger partial charge in [0.1, 0.15) is 5.75 Å². The summed E-state index contributed by atoms with van der Waals surface area (Å²) in [6.07, 6.45) is 0. The lowest BCUT2D eigenvalue weighted by Gasteiger charge is -2.34. The van der Waals surface area contributed by atoms with Crippen molar-refractivity contribution in [3.8, 4) is 5.75 Å². The van der Waals surface area contributed by atoms with Crippen LogP contribution in [-0.4, -0.2) is 59.4 Å². The van der Waals surface area contributed by atoms with Gasteiger partial charge in [0.25, 0.3) is 5.91 Å². The van der Waals surface area contributed by atoms with Gasteiger partial charge in [-0.15, -0.1) is 0 Å². The summed E-state index contributed by atoms with van der Waals surface area (Å²) >= 11 is 5.93. The first-order valence-electron chi connectivity index (χ1n) is 9.21. The molecule has 0 unspecified atom stereocenters. The van der Waals surface area contributed by atoms with Crippen LogP contribution in [0.3, 0.4) is 0 Å². The molecular weight excluding hydrogens is 378 g/mol. The lowest BCUT2D eigenvalue weighted by Crippen LogP contribution is -2.50. The first-order valence-corrected chi connectivity index (χ1v) is 9.59. The smallest absolute Gasteiger partial charge is 0.257 e. The van der Waals surface area contributed by atoms with Crippen LogP contribution in [0.25, 0.3) is 0 Å². The van der Waals surface area contributed by atoms with E-state index >= 15 is 0 Å². The Bertz CT molecular complexity index is 892. The number of phenols is 1. The van der Waals surface area contributed by atoms with Crippen LogP contribution in [-0.2, 0) is 4.79 Å². The maximum Gasteiger partial charge on any atom is 0.257 e. The van der Waals surface area contributed by atoms with E-state index < -0.39 is 0 Å². The number of aromatic hydroxyl groups is 1. The minimum atomic E-state index is -0.250. The third-order valence-corrected chi connectivity index (χ3v) is 5.33. The van der Waals surface area contributed by atoms with Gasteiger partial charge in [0, 0.05) is 36.9 Å². The van der Waals surface area contributed by atoms with Crippen molar-refractivity contribution >= 4 is 29.1 Å². The van der Waals surface area contributed by atoms with E-state index in [4.69, 9.17) is 11.6 Å². The maximum atomic E-state index is 12.6. The van der Waals surface area contributed by atoms with Gasteiger partial charge in [0.15, 0.2) is 0 Å². The van der Waals surface area contributed by atoms with Crippen molar-refractivity contribution in [2.45, 2.75) is 13.8 Å². The second kappa shape index (κ2) is 8.63. The highest BCUT2D eigenvalue weighted by molar-refractivity contribution is 6.31. The number of benzene rings is 2. The van der Waals surface area contributed by atoms with Crippen LogP contribution >= 0.6 is 11.6 Å². The van der Waals surface area contributed by atoms with Crippen LogP contribution in [0.15, 0.2) is 36.4 Å². The van der Waals surface area contributed by atoms with Crippen molar-refractivity contribution in [2.24, 2.45) is 0 Å². The molecule has 28 heavy (non-hydrogen) atoms. The lowest BCUT2D eigenvalue weighted by molar-refractivity contribution is -0.117. The number of anilines is 1. The molecule has 1 heterocycles. The third kappa shape index (κ3) is 4.64. The van der Waals surface area contributed by atoms with Gasteiger partial charge in [0.2, 0.25) is 5.91 Å². The molecule has 1 aliphatic heterocycles. The molecule has 3 rings (SSSR count). The van der Waals surface area contributed by atoms with E-state index in [1.807, 2.05) is 36.9 Å². The van der Waals surface area contributed by atoms with E-state index in [1.54, 1.807) is 11.0 Å². The summed E-state index contributed by atoms with van der Waals surface area (Å²) in [5, 5.41) is 13.3. The average molecular weight is 402 g/mol. The van der Waals surface area contributed by atoms with Crippen LogP contribution in [0.5, 0.6) is 5.75 Å². The van der Waals surface area contributed by atoms with Crippen LogP contribution in [0, 0.1) is 13.8 Å². The van der Waals surface area contributed by atoms with Gasteiger partial charge in [-0.3, -0.25) is 14.5 Å². The molecule has 0 aliphatic carbocycles. The molecule has 2 amide bonds. The Morgan fingerprint density at radius 2 is 1.82 bits per heavy atom. The molecule has 1 fully saturated rings. The molecule has 2 aromatic carbocycles. The van der Waals surface area contributed by atoms with Gasteiger partial charge in [-0.2, -0.15) is 0 Å². The van der Waals surface area contributed by atoms with Gasteiger partial charge in [0.05, 0.1) is 12.1 Å². The quantitative estimate of drug-likeness (QED) is 0.825. The molecule has 2 N–H and O–H groups in total. The molecule has 0 bridgehead atoms. The predicted molar refractivity (Wildman–Crippen MR) is 110 cm³/mol. The first-order chi connectivity index (χ1) is 13.3. The molecular formula is C21H24ClN3O3. The summed E-state index contributed by atoms with van der Waals surface area (Å²) in [6, 6.07) is 10.3. The van der Waals surface area contributed by atoms with E-state index in [1.165, 1.54) is 12.1 Å². The van der Waals surface area contributed by atoms with Crippen molar-refractivity contribution in [3.05, 3.63) is 58.1 Å². The molecule has 2 aromatic rings. The number of aryl methyl sites for hydroxylation is 1. The predicted octanol–water partition coefficient (Wildman–Crippen LogP) is 3.06. The summed E-state index contributed by atoms with van der Waals surface area (Å²) in [4.78, 5) is 28.7. The zero-order valence-electron chi connectivity index (χ0n) is 16.0. The number of amides is 2. The molecule has 0 atom stereocenters. The number of hydrogen-bond donors (Lipinski definition) is 2. The fourth-order valence-electron chi connectivity index (χ4n) is 3.24. The monoisotopic (exact) mass is 401 g/mol. The number of nitrogens with one attached hydrogen (secondary N) is 1. The highest BCUT2D eigenvalue weighted by Gasteiger charge is 2.25. The number of phenolic OH excluding ortho intramolecular Hbond substituents is 1. The van der Waals surface area contributed by atoms with E-state index in [2.05, 4.69) is 5.32 Å². The minimum Gasteiger partial charge on any atom is -0.507 e. The largest absolute Gasteiger partial charge is 0.507 e. The van der Waals surface area contributed by atoms with E-state index in [9.17, 15) is 14.7 Å². The summed E-state index contributed by atoms with van der Waals surface area (Å²) in [5.41, 5.74) is 3.23. The Morgan fingerprint density at radius 3 is 2.54 bits per heavy atom. The van der Waals surface area contributed by atoms with Gasteiger partial charge in [-0.25, -0.2) is 0 Å². The average Bonchev–Trinajstić information content (AvgIpc) is 2.67. The van der Waals surface area contributed by atoms with Crippen molar-refractivity contribution in [1.29, 1.82) is 0 Å². The van der Waals surface area contributed by atoms with Gasteiger partial charge in [-0.05, 0) is 49.2 Å². The SMILES string of the molecule is Cc1cccc(NC(=O)CN2CCN(C(=O)c3cc(Cl)ccc3O)CC2)c1C. The molecule has 0 aromatic heterocycles.